The molecule has 1 aromatic heterocycles. The van der Waals surface area contributed by atoms with Crippen LogP contribution in [0.2, 0.25) is 0 Å². The van der Waals surface area contributed by atoms with E-state index in [9.17, 15) is 8.42 Å². The lowest BCUT2D eigenvalue weighted by Gasteiger charge is -2.19. The first-order valence-corrected chi connectivity index (χ1v) is 9.07. The number of aromatic nitrogens is 2. The molecule has 0 aliphatic rings. The van der Waals surface area contributed by atoms with E-state index in [1.807, 2.05) is 42.8 Å². The molecule has 0 saturated carbocycles. The lowest BCUT2D eigenvalue weighted by Crippen LogP contribution is -2.31. The quantitative estimate of drug-likeness (QED) is 0.776. The molecule has 0 aliphatic heterocycles. The first kappa shape index (κ1) is 16.4. The van der Waals surface area contributed by atoms with Crippen LogP contribution in [0, 0.1) is 6.92 Å². The van der Waals surface area contributed by atoms with Crippen LogP contribution in [0.5, 0.6) is 0 Å². The monoisotopic (exact) mass is 341 g/mol. The summed E-state index contributed by atoms with van der Waals surface area (Å²) in [5.74, 6) is 0.639. The molecule has 1 unspecified atom stereocenters. The topological polar surface area (TPSA) is 64.0 Å². The van der Waals surface area contributed by atoms with Crippen LogP contribution < -0.4 is 4.72 Å². The van der Waals surface area contributed by atoms with Crippen LogP contribution in [0.4, 0.5) is 0 Å². The maximum Gasteiger partial charge on any atom is 0.241 e. The first-order chi connectivity index (χ1) is 11.5. The van der Waals surface area contributed by atoms with Crippen LogP contribution in [-0.4, -0.2) is 18.0 Å². The predicted molar refractivity (Wildman–Crippen MR) is 93.0 cm³/mol. The molecular formula is C18H19N3O2S. The van der Waals surface area contributed by atoms with Gasteiger partial charge in [-0.2, -0.15) is 4.72 Å². The summed E-state index contributed by atoms with van der Waals surface area (Å²) in [6, 6.07) is 15.6. The number of rotatable bonds is 5. The number of hydrogen-bond acceptors (Lipinski definition) is 3. The van der Waals surface area contributed by atoms with Gasteiger partial charge < -0.3 is 4.57 Å². The highest BCUT2D eigenvalue weighted by molar-refractivity contribution is 7.89. The Morgan fingerprint density at radius 2 is 1.83 bits per heavy atom. The van der Waals surface area contributed by atoms with E-state index in [1.54, 1.807) is 42.7 Å². The standard InChI is InChI=1S/C18H19N3O2S/c1-14-7-6-8-15(13-14)17(18-19-11-12-21(18)2)20-24(22,23)16-9-4-3-5-10-16/h3-13,17,20H,1-2H3. The van der Waals surface area contributed by atoms with Gasteiger partial charge in [-0.3, -0.25) is 0 Å². The summed E-state index contributed by atoms with van der Waals surface area (Å²) < 4.78 is 30.1. The molecule has 1 N–H and O–H groups in total. The number of nitrogens with one attached hydrogen (secondary N) is 1. The molecule has 6 heteroatoms. The van der Waals surface area contributed by atoms with Crippen molar-refractivity contribution in [2.45, 2.75) is 17.9 Å². The number of nitrogens with zero attached hydrogens (tertiary/aromatic N) is 2. The molecule has 5 nitrogen and oxygen atoms in total. The smallest absolute Gasteiger partial charge is 0.241 e. The van der Waals surface area contributed by atoms with Gasteiger partial charge in [0.05, 0.1) is 4.90 Å². The molecule has 3 aromatic rings. The summed E-state index contributed by atoms with van der Waals surface area (Å²) in [6.45, 7) is 1.98. The van der Waals surface area contributed by atoms with E-state index in [1.165, 1.54) is 0 Å². The van der Waals surface area contributed by atoms with Gasteiger partial charge in [-0.25, -0.2) is 13.4 Å². The predicted octanol–water partition coefficient (Wildman–Crippen LogP) is 2.80. The van der Waals surface area contributed by atoms with Crippen molar-refractivity contribution >= 4 is 10.0 Å². The highest BCUT2D eigenvalue weighted by Gasteiger charge is 2.25. The normalized spacial score (nSPS) is 12.9. The van der Waals surface area contributed by atoms with Gasteiger partial charge in [0, 0.05) is 19.4 Å². The van der Waals surface area contributed by atoms with Gasteiger partial charge >= 0.3 is 0 Å². The zero-order valence-electron chi connectivity index (χ0n) is 13.5. The average Bonchev–Trinajstić information content (AvgIpc) is 2.99. The number of sulfonamides is 1. The molecule has 2 aromatic carbocycles. The third-order valence-electron chi connectivity index (χ3n) is 3.82. The third kappa shape index (κ3) is 3.39. The first-order valence-electron chi connectivity index (χ1n) is 7.58. The van der Waals surface area contributed by atoms with E-state index in [0.29, 0.717) is 5.82 Å². The van der Waals surface area contributed by atoms with E-state index >= 15 is 0 Å². The van der Waals surface area contributed by atoms with Gasteiger partial charge in [-0.15, -0.1) is 0 Å². The maximum absolute atomic E-state index is 12.8. The highest BCUT2D eigenvalue weighted by Crippen LogP contribution is 2.24. The number of aryl methyl sites for hydroxylation is 2. The molecule has 0 saturated heterocycles. The molecule has 0 spiro atoms. The van der Waals surface area contributed by atoms with Crippen molar-refractivity contribution in [3.05, 3.63) is 83.9 Å². The third-order valence-corrected chi connectivity index (χ3v) is 5.26. The molecule has 24 heavy (non-hydrogen) atoms. The summed E-state index contributed by atoms with van der Waals surface area (Å²) in [5.41, 5.74) is 1.91. The second-order valence-electron chi connectivity index (χ2n) is 5.68. The second kappa shape index (κ2) is 6.59. The highest BCUT2D eigenvalue weighted by atomic mass is 32.2. The SMILES string of the molecule is Cc1cccc(C(NS(=O)(=O)c2ccccc2)c2nccn2C)c1. The van der Waals surface area contributed by atoms with E-state index in [0.717, 1.165) is 11.1 Å². The van der Waals surface area contributed by atoms with Crippen LogP contribution in [-0.2, 0) is 17.1 Å². The zero-order valence-corrected chi connectivity index (χ0v) is 14.4. The van der Waals surface area contributed by atoms with Crippen molar-refractivity contribution in [3.8, 4) is 0 Å². The van der Waals surface area contributed by atoms with Crippen LogP contribution in [0.15, 0.2) is 71.9 Å². The molecule has 0 aliphatic carbocycles. The van der Waals surface area contributed by atoms with Gasteiger partial charge in [0.2, 0.25) is 10.0 Å². The maximum atomic E-state index is 12.8. The van der Waals surface area contributed by atoms with Crippen molar-refractivity contribution < 1.29 is 8.42 Å². The Balaban J connectivity index is 2.05. The fourth-order valence-corrected chi connectivity index (χ4v) is 3.80. The average molecular weight is 341 g/mol. The number of hydrogen-bond donors (Lipinski definition) is 1. The minimum absolute atomic E-state index is 0.233. The number of benzene rings is 2. The molecule has 3 rings (SSSR count). The summed E-state index contributed by atoms with van der Waals surface area (Å²) in [5, 5.41) is 0. The van der Waals surface area contributed by atoms with Crippen LogP contribution in [0.1, 0.15) is 23.0 Å². The van der Waals surface area contributed by atoms with E-state index in [-0.39, 0.29) is 4.90 Å². The summed E-state index contributed by atoms with van der Waals surface area (Å²) in [4.78, 5) is 4.57. The Morgan fingerprint density at radius 1 is 1.08 bits per heavy atom. The fraction of sp³-hybridized carbons (Fsp3) is 0.167. The van der Waals surface area contributed by atoms with Crippen molar-refractivity contribution in [1.29, 1.82) is 0 Å². The van der Waals surface area contributed by atoms with Crippen molar-refractivity contribution in [1.82, 2.24) is 14.3 Å². The number of imidazole rings is 1. The zero-order chi connectivity index (χ0) is 17.2. The molecular weight excluding hydrogens is 322 g/mol. The lowest BCUT2D eigenvalue weighted by molar-refractivity contribution is 0.563. The second-order valence-corrected chi connectivity index (χ2v) is 7.39. The Kier molecular flexibility index (Phi) is 4.51. The van der Waals surface area contributed by atoms with Crippen molar-refractivity contribution in [3.63, 3.8) is 0 Å². The lowest BCUT2D eigenvalue weighted by atomic mass is 10.0. The van der Waals surface area contributed by atoms with Crippen LogP contribution in [0.25, 0.3) is 0 Å². The molecule has 0 bridgehead atoms. The van der Waals surface area contributed by atoms with Gasteiger partial charge in [0.15, 0.2) is 0 Å². The minimum atomic E-state index is -3.67. The van der Waals surface area contributed by atoms with Gasteiger partial charge in [0.25, 0.3) is 0 Å². The van der Waals surface area contributed by atoms with Crippen LogP contribution in [0.3, 0.4) is 0 Å². The van der Waals surface area contributed by atoms with Crippen molar-refractivity contribution in [2.24, 2.45) is 7.05 Å². The van der Waals surface area contributed by atoms with Gasteiger partial charge in [-0.1, -0.05) is 48.0 Å². The van der Waals surface area contributed by atoms with Crippen LogP contribution >= 0.6 is 0 Å². The minimum Gasteiger partial charge on any atom is -0.336 e. The summed E-state index contributed by atoms with van der Waals surface area (Å²) in [7, 11) is -1.82. The van der Waals surface area contributed by atoms with E-state index in [2.05, 4.69) is 9.71 Å². The fourth-order valence-electron chi connectivity index (χ4n) is 2.60. The summed E-state index contributed by atoms with van der Waals surface area (Å²) >= 11 is 0. The molecule has 0 amide bonds. The Bertz CT molecular complexity index is 934. The largest absolute Gasteiger partial charge is 0.336 e. The molecule has 0 fully saturated rings. The van der Waals surface area contributed by atoms with Gasteiger partial charge in [0.1, 0.15) is 11.9 Å². The Labute approximate surface area is 142 Å². The summed E-state index contributed by atoms with van der Waals surface area (Å²) in [6.07, 6.45) is 3.46. The van der Waals surface area contributed by atoms with Crippen molar-refractivity contribution in [2.75, 3.05) is 0 Å². The molecule has 1 heterocycles. The van der Waals surface area contributed by atoms with E-state index < -0.39 is 16.1 Å². The van der Waals surface area contributed by atoms with E-state index in [4.69, 9.17) is 0 Å². The molecule has 0 radical (unpaired) electrons. The van der Waals surface area contributed by atoms with Gasteiger partial charge in [-0.05, 0) is 24.6 Å². The Morgan fingerprint density at radius 3 is 2.46 bits per heavy atom. The Hall–Kier alpha value is -2.44. The molecule has 124 valence electrons. The molecule has 1 atom stereocenters.